The summed E-state index contributed by atoms with van der Waals surface area (Å²) >= 11 is 12.8. The molecule has 0 fully saturated rings. The Balaban J connectivity index is 1.83. The van der Waals surface area contributed by atoms with Gasteiger partial charge in [0.15, 0.2) is 0 Å². The third kappa shape index (κ3) is 8.84. The molecule has 0 aliphatic carbocycles. The number of carbonyl (C=O) groups excluding carboxylic acids is 2. The molecule has 2 amide bonds. The van der Waals surface area contributed by atoms with Crippen LogP contribution in [0.2, 0.25) is 10.0 Å². The first-order valence-electron chi connectivity index (χ1n) is 14.4. The largest absolute Gasteiger partial charge is 0.352 e. The number of nitrogens with one attached hydrogen (secondary N) is 1. The van der Waals surface area contributed by atoms with Crippen molar-refractivity contribution in [2.24, 2.45) is 0 Å². The van der Waals surface area contributed by atoms with E-state index in [-0.39, 0.29) is 39.6 Å². The highest BCUT2D eigenvalue weighted by atomic mass is 35.5. The first-order valence-corrected chi connectivity index (χ1v) is 16.6. The van der Waals surface area contributed by atoms with Crippen LogP contribution in [-0.4, -0.2) is 43.8 Å². The zero-order valence-electron chi connectivity index (χ0n) is 24.9. The number of carbonyl (C=O) groups is 2. The third-order valence-electron chi connectivity index (χ3n) is 7.33. The van der Waals surface area contributed by atoms with E-state index >= 15 is 0 Å². The lowest BCUT2D eigenvalue weighted by atomic mass is 10.0. The average molecular weight is 671 g/mol. The lowest BCUT2D eigenvalue weighted by Gasteiger charge is -2.34. The minimum atomic E-state index is -4.34. The van der Waals surface area contributed by atoms with Crippen molar-refractivity contribution in [3.8, 4) is 0 Å². The summed E-state index contributed by atoms with van der Waals surface area (Å²) in [7, 11) is -4.34. The second kappa shape index (κ2) is 15.4. The molecule has 4 aromatic rings. The Morgan fingerprint density at radius 2 is 1.49 bits per heavy atom. The molecule has 0 bridgehead atoms. The standard InChI is InChI=1S/C34H34Cl2FN3O4S/c1-3-24(2)38-34(42)32(20-25-10-6-4-7-11-25)39(22-26-14-17-28(37)18-15-26)33(41)23-40(31-21-27(35)16-19-30(31)36)45(43,44)29-12-8-5-9-13-29/h4-19,21,24,32H,3,20,22-23H2,1-2H3,(H,38,42)/t24-,32-/m1/s1. The zero-order valence-corrected chi connectivity index (χ0v) is 27.2. The van der Waals surface area contributed by atoms with Gasteiger partial charge in [-0.25, -0.2) is 12.8 Å². The molecule has 236 valence electrons. The van der Waals surface area contributed by atoms with Gasteiger partial charge >= 0.3 is 0 Å². The van der Waals surface area contributed by atoms with Crippen LogP contribution in [0.15, 0.2) is 108 Å². The van der Waals surface area contributed by atoms with Gasteiger partial charge in [0.2, 0.25) is 11.8 Å². The number of hydrogen-bond donors (Lipinski definition) is 1. The molecule has 0 radical (unpaired) electrons. The smallest absolute Gasteiger partial charge is 0.264 e. The molecule has 0 aliphatic rings. The first kappa shape index (κ1) is 34.0. The topological polar surface area (TPSA) is 86.8 Å². The van der Waals surface area contributed by atoms with Crippen LogP contribution in [0.25, 0.3) is 0 Å². The SMILES string of the molecule is CC[C@@H](C)NC(=O)[C@@H](Cc1ccccc1)N(Cc1ccc(F)cc1)C(=O)CN(c1cc(Cl)ccc1Cl)S(=O)(=O)c1ccccc1. The van der Waals surface area contributed by atoms with E-state index in [1.54, 1.807) is 18.2 Å². The minimum absolute atomic E-state index is 0.00627. The van der Waals surface area contributed by atoms with Crippen molar-refractivity contribution in [1.82, 2.24) is 10.2 Å². The van der Waals surface area contributed by atoms with E-state index in [1.807, 2.05) is 44.2 Å². The molecule has 11 heteroatoms. The Morgan fingerprint density at radius 3 is 2.11 bits per heavy atom. The second-order valence-corrected chi connectivity index (χ2v) is 13.3. The molecular formula is C34H34Cl2FN3O4S. The number of anilines is 1. The van der Waals surface area contributed by atoms with Crippen molar-refractivity contribution in [3.05, 3.63) is 130 Å². The maximum atomic E-state index is 14.5. The molecule has 4 rings (SSSR count). The minimum Gasteiger partial charge on any atom is -0.352 e. The predicted molar refractivity (Wildman–Crippen MR) is 176 cm³/mol. The van der Waals surface area contributed by atoms with E-state index in [4.69, 9.17) is 23.2 Å². The molecule has 4 aromatic carbocycles. The number of amides is 2. The molecule has 0 aromatic heterocycles. The summed E-state index contributed by atoms with van der Waals surface area (Å²) in [6, 6.07) is 25.6. The Bertz CT molecular complexity index is 1710. The summed E-state index contributed by atoms with van der Waals surface area (Å²) in [6.07, 6.45) is 0.811. The predicted octanol–water partition coefficient (Wildman–Crippen LogP) is 6.88. The molecule has 45 heavy (non-hydrogen) atoms. The van der Waals surface area contributed by atoms with E-state index in [2.05, 4.69) is 5.32 Å². The van der Waals surface area contributed by atoms with Crippen molar-refractivity contribution in [3.63, 3.8) is 0 Å². The van der Waals surface area contributed by atoms with Crippen molar-refractivity contribution in [2.45, 2.75) is 50.2 Å². The molecule has 0 saturated carbocycles. The van der Waals surface area contributed by atoms with Crippen LogP contribution in [0.1, 0.15) is 31.4 Å². The van der Waals surface area contributed by atoms with Gasteiger partial charge in [-0.2, -0.15) is 0 Å². The zero-order chi connectivity index (χ0) is 32.6. The maximum absolute atomic E-state index is 14.5. The summed E-state index contributed by atoms with van der Waals surface area (Å²) in [5.74, 6) is -1.53. The number of rotatable bonds is 13. The molecule has 0 aliphatic heterocycles. The number of benzene rings is 4. The summed E-state index contributed by atoms with van der Waals surface area (Å²) < 4.78 is 42.8. The van der Waals surface area contributed by atoms with Gasteiger partial charge in [-0.15, -0.1) is 0 Å². The summed E-state index contributed by atoms with van der Waals surface area (Å²) in [4.78, 5) is 29.6. The molecule has 1 N–H and O–H groups in total. The molecule has 0 spiro atoms. The van der Waals surface area contributed by atoms with E-state index in [9.17, 15) is 22.4 Å². The molecular weight excluding hydrogens is 636 g/mol. The highest BCUT2D eigenvalue weighted by molar-refractivity contribution is 7.92. The fourth-order valence-electron chi connectivity index (χ4n) is 4.69. The molecule has 0 unspecified atom stereocenters. The van der Waals surface area contributed by atoms with Crippen LogP contribution >= 0.6 is 23.2 Å². The molecule has 0 saturated heterocycles. The summed E-state index contributed by atoms with van der Waals surface area (Å²) in [6.45, 7) is 3.01. The Labute approximate surface area is 273 Å². The van der Waals surface area contributed by atoms with Crippen LogP contribution < -0.4 is 9.62 Å². The number of nitrogens with zero attached hydrogens (tertiary/aromatic N) is 2. The van der Waals surface area contributed by atoms with Gasteiger partial charge in [0, 0.05) is 24.0 Å². The summed E-state index contributed by atoms with van der Waals surface area (Å²) in [5, 5.41) is 3.25. The van der Waals surface area contributed by atoms with Gasteiger partial charge in [-0.05, 0) is 66.9 Å². The Morgan fingerprint density at radius 1 is 0.867 bits per heavy atom. The normalized spacial score (nSPS) is 12.6. The fraction of sp³-hybridized carbons (Fsp3) is 0.235. The van der Waals surface area contributed by atoms with E-state index < -0.39 is 40.2 Å². The third-order valence-corrected chi connectivity index (χ3v) is 9.65. The number of halogens is 3. The second-order valence-electron chi connectivity index (χ2n) is 10.6. The van der Waals surface area contributed by atoms with Gasteiger partial charge in [0.25, 0.3) is 10.0 Å². The van der Waals surface area contributed by atoms with Crippen LogP contribution in [-0.2, 0) is 32.6 Å². The van der Waals surface area contributed by atoms with Crippen molar-refractivity contribution < 1.29 is 22.4 Å². The van der Waals surface area contributed by atoms with Crippen LogP contribution in [0.4, 0.5) is 10.1 Å². The summed E-state index contributed by atoms with van der Waals surface area (Å²) in [5.41, 5.74) is 1.36. The maximum Gasteiger partial charge on any atom is 0.264 e. The van der Waals surface area contributed by atoms with Gasteiger partial charge in [0.1, 0.15) is 18.4 Å². The molecule has 2 atom stereocenters. The fourth-order valence-corrected chi connectivity index (χ4v) is 6.57. The quantitative estimate of drug-likeness (QED) is 0.168. The van der Waals surface area contributed by atoms with E-state index in [0.29, 0.717) is 12.0 Å². The van der Waals surface area contributed by atoms with E-state index in [1.165, 1.54) is 59.5 Å². The van der Waals surface area contributed by atoms with Gasteiger partial charge < -0.3 is 10.2 Å². The highest BCUT2D eigenvalue weighted by Gasteiger charge is 2.35. The molecule has 0 heterocycles. The van der Waals surface area contributed by atoms with Gasteiger partial charge in [-0.1, -0.05) is 90.8 Å². The van der Waals surface area contributed by atoms with Crippen molar-refractivity contribution in [2.75, 3.05) is 10.8 Å². The monoisotopic (exact) mass is 669 g/mol. The van der Waals surface area contributed by atoms with Crippen molar-refractivity contribution >= 4 is 50.7 Å². The lowest BCUT2D eigenvalue weighted by molar-refractivity contribution is -0.140. The number of hydrogen-bond acceptors (Lipinski definition) is 4. The lowest BCUT2D eigenvalue weighted by Crippen LogP contribution is -2.54. The van der Waals surface area contributed by atoms with Crippen LogP contribution in [0.5, 0.6) is 0 Å². The van der Waals surface area contributed by atoms with Crippen LogP contribution in [0, 0.1) is 5.82 Å². The van der Waals surface area contributed by atoms with E-state index in [0.717, 1.165) is 9.87 Å². The van der Waals surface area contributed by atoms with Gasteiger partial charge in [0.05, 0.1) is 15.6 Å². The van der Waals surface area contributed by atoms with Crippen LogP contribution in [0.3, 0.4) is 0 Å². The average Bonchev–Trinajstić information content (AvgIpc) is 3.04. The first-order chi connectivity index (χ1) is 21.5. The Kier molecular flexibility index (Phi) is 11.6. The Hall–Kier alpha value is -3.92. The number of sulfonamides is 1. The van der Waals surface area contributed by atoms with Gasteiger partial charge in [-0.3, -0.25) is 13.9 Å². The molecule has 7 nitrogen and oxygen atoms in total. The van der Waals surface area contributed by atoms with Crippen molar-refractivity contribution in [1.29, 1.82) is 0 Å². The highest BCUT2D eigenvalue weighted by Crippen LogP contribution is 2.33.